The van der Waals surface area contributed by atoms with Crippen LogP contribution in [-0.2, 0) is 6.54 Å². The number of H-pyrrole nitrogens is 1. The molecular weight excluding hydrogens is 222 g/mol. The van der Waals surface area contributed by atoms with Crippen LogP contribution in [0.15, 0.2) is 30.3 Å². The largest absolute Gasteiger partial charge is 0.396 e. The Balaban J connectivity index is 2.38. The van der Waals surface area contributed by atoms with Crippen molar-refractivity contribution in [1.29, 1.82) is 0 Å². The summed E-state index contributed by atoms with van der Waals surface area (Å²) in [6, 6.07) is 9.86. The maximum Gasteiger partial charge on any atom is 0.195 e. The minimum Gasteiger partial charge on any atom is -0.396 e. The highest BCUT2D eigenvalue weighted by Crippen LogP contribution is 2.16. The zero-order valence-electron chi connectivity index (χ0n) is 8.76. The first-order valence-corrected chi connectivity index (χ1v) is 5.55. The Morgan fingerprint density at radius 3 is 2.75 bits per heavy atom. The van der Waals surface area contributed by atoms with Crippen molar-refractivity contribution in [2.45, 2.75) is 13.0 Å². The molecule has 1 aromatic heterocycles. The molecule has 16 heavy (non-hydrogen) atoms. The lowest BCUT2D eigenvalue weighted by molar-refractivity contribution is 0.279. The number of hydrogen-bond acceptors (Lipinski definition) is 3. The normalized spacial score (nSPS) is 10.6. The van der Waals surface area contributed by atoms with E-state index in [1.807, 2.05) is 34.9 Å². The highest BCUT2D eigenvalue weighted by Gasteiger charge is 2.07. The molecule has 1 heterocycles. The molecule has 2 N–H and O–H groups in total. The van der Waals surface area contributed by atoms with Gasteiger partial charge in [0.05, 0.1) is 0 Å². The third-order valence-corrected chi connectivity index (χ3v) is 2.64. The van der Waals surface area contributed by atoms with Gasteiger partial charge in [-0.25, -0.2) is 0 Å². The predicted octanol–water partition coefficient (Wildman–Crippen LogP) is 1.99. The molecular formula is C11H13N3OS. The van der Waals surface area contributed by atoms with Crippen LogP contribution >= 0.6 is 12.2 Å². The monoisotopic (exact) mass is 235 g/mol. The fourth-order valence-corrected chi connectivity index (χ4v) is 1.78. The molecule has 0 aliphatic carbocycles. The van der Waals surface area contributed by atoms with E-state index in [9.17, 15) is 0 Å². The summed E-state index contributed by atoms with van der Waals surface area (Å²) >= 11 is 5.15. The summed E-state index contributed by atoms with van der Waals surface area (Å²) in [4.78, 5) is 0. The third kappa shape index (κ3) is 2.20. The van der Waals surface area contributed by atoms with Crippen molar-refractivity contribution >= 4 is 12.2 Å². The van der Waals surface area contributed by atoms with Crippen LogP contribution in [-0.4, -0.2) is 26.5 Å². The van der Waals surface area contributed by atoms with Crippen LogP contribution in [0.2, 0.25) is 0 Å². The van der Waals surface area contributed by atoms with E-state index in [4.69, 9.17) is 17.3 Å². The van der Waals surface area contributed by atoms with Crippen molar-refractivity contribution in [3.8, 4) is 11.4 Å². The number of rotatable bonds is 4. The number of aliphatic hydroxyl groups excluding tert-OH is 1. The topological polar surface area (TPSA) is 53.8 Å². The molecule has 5 heteroatoms. The second-order valence-electron chi connectivity index (χ2n) is 3.45. The highest BCUT2D eigenvalue weighted by molar-refractivity contribution is 7.71. The second-order valence-corrected chi connectivity index (χ2v) is 3.83. The molecule has 0 aliphatic rings. The van der Waals surface area contributed by atoms with E-state index in [0.29, 0.717) is 17.7 Å². The first-order chi connectivity index (χ1) is 7.83. The maximum absolute atomic E-state index is 8.84. The summed E-state index contributed by atoms with van der Waals surface area (Å²) in [6.07, 6.45) is 0.674. The van der Waals surface area contributed by atoms with Crippen LogP contribution in [0.5, 0.6) is 0 Å². The lowest BCUT2D eigenvalue weighted by atomic mass is 10.2. The van der Waals surface area contributed by atoms with Gasteiger partial charge in [-0.2, -0.15) is 5.10 Å². The van der Waals surface area contributed by atoms with Gasteiger partial charge in [0.1, 0.15) is 0 Å². The fraction of sp³-hybridized carbons (Fsp3) is 0.273. The molecule has 0 radical (unpaired) electrons. The van der Waals surface area contributed by atoms with Gasteiger partial charge in [-0.05, 0) is 18.6 Å². The number of aromatic amines is 1. The van der Waals surface area contributed by atoms with Crippen LogP contribution in [0.3, 0.4) is 0 Å². The number of nitrogens with zero attached hydrogens (tertiary/aromatic N) is 2. The van der Waals surface area contributed by atoms with Crippen molar-refractivity contribution in [3.63, 3.8) is 0 Å². The van der Waals surface area contributed by atoms with Gasteiger partial charge in [-0.15, -0.1) is 0 Å². The molecule has 4 nitrogen and oxygen atoms in total. The molecule has 0 aliphatic heterocycles. The van der Waals surface area contributed by atoms with E-state index >= 15 is 0 Å². The van der Waals surface area contributed by atoms with Gasteiger partial charge in [0.25, 0.3) is 0 Å². The van der Waals surface area contributed by atoms with E-state index in [1.165, 1.54) is 0 Å². The zero-order chi connectivity index (χ0) is 11.4. The van der Waals surface area contributed by atoms with E-state index < -0.39 is 0 Å². The Labute approximate surface area is 98.6 Å². The van der Waals surface area contributed by atoms with Crippen LogP contribution in [0.1, 0.15) is 6.42 Å². The SMILES string of the molecule is OCCCn1c(-c2ccccc2)n[nH]c1=S. The number of nitrogens with one attached hydrogen (secondary N) is 1. The zero-order valence-corrected chi connectivity index (χ0v) is 9.57. The molecule has 0 amide bonds. The molecule has 2 rings (SSSR count). The Hall–Kier alpha value is -1.46. The number of hydrogen-bond donors (Lipinski definition) is 2. The van der Waals surface area contributed by atoms with Crippen molar-refractivity contribution in [3.05, 3.63) is 35.1 Å². The van der Waals surface area contributed by atoms with E-state index in [2.05, 4.69) is 10.2 Å². The van der Waals surface area contributed by atoms with Gasteiger partial charge in [0.2, 0.25) is 0 Å². The van der Waals surface area contributed by atoms with E-state index in [1.54, 1.807) is 0 Å². The van der Waals surface area contributed by atoms with E-state index in [-0.39, 0.29) is 6.61 Å². The molecule has 1 aromatic carbocycles. The fourth-order valence-electron chi connectivity index (χ4n) is 1.56. The van der Waals surface area contributed by atoms with Crippen LogP contribution in [0.4, 0.5) is 0 Å². The second kappa shape index (κ2) is 5.05. The van der Waals surface area contributed by atoms with Gasteiger partial charge < -0.3 is 9.67 Å². The number of benzene rings is 1. The standard InChI is InChI=1S/C11H13N3OS/c15-8-4-7-14-10(12-13-11(14)16)9-5-2-1-3-6-9/h1-3,5-6,15H,4,7-8H2,(H,13,16). The molecule has 2 aromatic rings. The van der Waals surface area contributed by atoms with E-state index in [0.717, 1.165) is 11.4 Å². The minimum atomic E-state index is 0.154. The molecule has 0 atom stereocenters. The van der Waals surface area contributed by atoms with Gasteiger partial charge >= 0.3 is 0 Å². The average Bonchev–Trinajstić information content (AvgIpc) is 2.69. The van der Waals surface area contributed by atoms with Crippen molar-refractivity contribution in [1.82, 2.24) is 14.8 Å². The Morgan fingerprint density at radius 1 is 1.31 bits per heavy atom. The van der Waals surface area contributed by atoms with Crippen LogP contribution in [0, 0.1) is 4.77 Å². The summed E-state index contributed by atoms with van der Waals surface area (Å²) in [6.45, 7) is 0.831. The first-order valence-electron chi connectivity index (χ1n) is 5.14. The summed E-state index contributed by atoms with van der Waals surface area (Å²) in [7, 11) is 0. The first kappa shape index (κ1) is 11.0. The van der Waals surface area contributed by atoms with Crippen LogP contribution < -0.4 is 0 Å². The summed E-state index contributed by atoms with van der Waals surface area (Å²) < 4.78 is 2.49. The Kier molecular flexibility index (Phi) is 3.48. The average molecular weight is 235 g/mol. The minimum absolute atomic E-state index is 0.154. The smallest absolute Gasteiger partial charge is 0.195 e. The lowest BCUT2D eigenvalue weighted by Crippen LogP contribution is -2.02. The highest BCUT2D eigenvalue weighted by atomic mass is 32.1. The summed E-state index contributed by atoms with van der Waals surface area (Å²) in [5.41, 5.74) is 1.02. The predicted molar refractivity (Wildman–Crippen MR) is 64.6 cm³/mol. The lowest BCUT2D eigenvalue weighted by Gasteiger charge is -2.05. The van der Waals surface area contributed by atoms with Gasteiger partial charge in [0.15, 0.2) is 10.6 Å². The van der Waals surface area contributed by atoms with Crippen LogP contribution in [0.25, 0.3) is 11.4 Å². The molecule has 0 spiro atoms. The van der Waals surface area contributed by atoms with Gasteiger partial charge in [-0.3, -0.25) is 5.10 Å². The molecule has 0 bridgehead atoms. The maximum atomic E-state index is 8.84. The quantitative estimate of drug-likeness (QED) is 0.797. The van der Waals surface area contributed by atoms with Crippen molar-refractivity contribution in [2.24, 2.45) is 0 Å². The molecule has 0 saturated heterocycles. The summed E-state index contributed by atoms with van der Waals surface area (Å²) in [5.74, 6) is 0.819. The van der Waals surface area contributed by atoms with Gasteiger partial charge in [0, 0.05) is 18.7 Å². The van der Waals surface area contributed by atoms with Crippen molar-refractivity contribution in [2.75, 3.05) is 6.61 Å². The summed E-state index contributed by atoms with van der Waals surface area (Å²) in [5, 5.41) is 15.8. The third-order valence-electron chi connectivity index (χ3n) is 2.33. The Bertz CT molecular complexity index is 503. The van der Waals surface area contributed by atoms with Gasteiger partial charge in [-0.1, -0.05) is 30.3 Å². The number of aromatic nitrogens is 3. The Morgan fingerprint density at radius 2 is 2.06 bits per heavy atom. The molecule has 0 saturated carbocycles. The molecule has 0 fully saturated rings. The number of aliphatic hydroxyl groups is 1. The molecule has 0 unspecified atom stereocenters. The molecule has 84 valence electrons. The van der Waals surface area contributed by atoms with Crippen molar-refractivity contribution < 1.29 is 5.11 Å².